The molecule has 0 aromatic carbocycles. The first-order chi connectivity index (χ1) is 9.26. The van der Waals surface area contributed by atoms with E-state index in [-0.39, 0.29) is 17.9 Å². The normalized spacial score (nSPS) is 17.4. The van der Waals surface area contributed by atoms with Gasteiger partial charge in [0.25, 0.3) is 5.91 Å². The van der Waals surface area contributed by atoms with Crippen LogP contribution in [0.2, 0.25) is 0 Å². The van der Waals surface area contributed by atoms with Crippen molar-refractivity contribution >= 4 is 23.4 Å². The van der Waals surface area contributed by atoms with Gasteiger partial charge in [-0.05, 0) is 24.4 Å². The van der Waals surface area contributed by atoms with E-state index in [2.05, 4.69) is 14.9 Å². The van der Waals surface area contributed by atoms with Crippen molar-refractivity contribution in [2.45, 2.75) is 45.4 Å². The second-order valence-electron chi connectivity index (χ2n) is 6.32. The van der Waals surface area contributed by atoms with Gasteiger partial charge in [-0.25, -0.2) is 0 Å². The Morgan fingerprint density at radius 1 is 1.40 bits per heavy atom. The minimum Gasteiger partial charge on any atom is -0.481 e. The SMILES string of the molecule is CC(C)(C)c1nnsc1C(=O)NCC1(C(=O)O)CCC1. The van der Waals surface area contributed by atoms with Crippen LogP contribution < -0.4 is 5.32 Å². The van der Waals surface area contributed by atoms with Gasteiger partial charge in [0.1, 0.15) is 4.88 Å². The molecule has 2 rings (SSSR count). The van der Waals surface area contributed by atoms with Crippen molar-refractivity contribution in [1.29, 1.82) is 0 Å². The Morgan fingerprint density at radius 2 is 2.05 bits per heavy atom. The predicted molar refractivity (Wildman–Crippen MR) is 74.9 cm³/mol. The fourth-order valence-electron chi connectivity index (χ4n) is 2.23. The van der Waals surface area contributed by atoms with Crippen LogP contribution in [-0.4, -0.2) is 33.1 Å². The highest BCUT2D eigenvalue weighted by Crippen LogP contribution is 2.40. The lowest BCUT2D eigenvalue weighted by Crippen LogP contribution is -2.47. The van der Waals surface area contributed by atoms with Gasteiger partial charge in [0, 0.05) is 12.0 Å². The minimum atomic E-state index is -0.831. The summed E-state index contributed by atoms with van der Waals surface area (Å²) in [7, 11) is 0. The fraction of sp³-hybridized carbons (Fsp3) is 0.692. The fourth-order valence-corrected chi connectivity index (χ4v) is 3.02. The average molecular weight is 297 g/mol. The Balaban J connectivity index is 2.06. The Hall–Kier alpha value is -1.50. The molecule has 0 aliphatic heterocycles. The lowest BCUT2D eigenvalue weighted by atomic mass is 9.69. The molecule has 1 heterocycles. The second-order valence-corrected chi connectivity index (χ2v) is 7.08. The van der Waals surface area contributed by atoms with E-state index in [1.165, 1.54) is 0 Å². The molecule has 1 fully saturated rings. The summed E-state index contributed by atoms with van der Waals surface area (Å²) >= 11 is 1.05. The summed E-state index contributed by atoms with van der Waals surface area (Å²) in [5.74, 6) is -1.11. The number of carboxylic acid groups (broad SMARTS) is 1. The first kappa shape index (κ1) is 14.9. The molecule has 1 amide bonds. The molecule has 1 aliphatic carbocycles. The van der Waals surface area contributed by atoms with E-state index >= 15 is 0 Å². The molecule has 0 atom stereocenters. The Bertz CT molecular complexity index is 529. The lowest BCUT2D eigenvalue weighted by Gasteiger charge is -2.37. The standard InChI is InChI=1S/C13H19N3O3S/c1-12(2,3)9-8(20-16-15-9)10(17)14-7-13(11(18)19)5-4-6-13/h4-7H2,1-3H3,(H,14,17)(H,18,19). The van der Waals surface area contributed by atoms with E-state index in [9.17, 15) is 14.7 Å². The van der Waals surface area contributed by atoms with Gasteiger partial charge in [-0.15, -0.1) is 5.10 Å². The molecule has 1 aromatic heterocycles. The maximum absolute atomic E-state index is 12.2. The van der Waals surface area contributed by atoms with Gasteiger partial charge in [0.15, 0.2) is 0 Å². The van der Waals surface area contributed by atoms with Gasteiger partial charge in [-0.2, -0.15) is 0 Å². The van der Waals surface area contributed by atoms with Crippen LogP contribution in [0.1, 0.15) is 55.4 Å². The van der Waals surface area contributed by atoms with Crippen LogP contribution in [-0.2, 0) is 10.2 Å². The highest BCUT2D eigenvalue weighted by atomic mass is 32.1. The van der Waals surface area contributed by atoms with Gasteiger partial charge < -0.3 is 10.4 Å². The average Bonchev–Trinajstić information content (AvgIpc) is 2.74. The molecule has 0 unspecified atom stereocenters. The van der Waals surface area contributed by atoms with Crippen LogP contribution in [0.25, 0.3) is 0 Å². The van der Waals surface area contributed by atoms with Gasteiger partial charge >= 0.3 is 5.97 Å². The quantitative estimate of drug-likeness (QED) is 0.884. The van der Waals surface area contributed by atoms with Gasteiger partial charge in [0.2, 0.25) is 0 Å². The molecule has 0 saturated heterocycles. The number of nitrogens with one attached hydrogen (secondary N) is 1. The first-order valence-corrected chi connectivity index (χ1v) is 7.38. The molecule has 2 N–H and O–H groups in total. The molecule has 7 heteroatoms. The number of hydrogen-bond donors (Lipinski definition) is 2. The van der Waals surface area contributed by atoms with E-state index < -0.39 is 11.4 Å². The lowest BCUT2D eigenvalue weighted by molar-refractivity contribution is -0.153. The molecular formula is C13H19N3O3S. The van der Waals surface area contributed by atoms with E-state index in [1.54, 1.807) is 0 Å². The predicted octanol–water partition coefficient (Wildman–Crippen LogP) is 1.82. The Morgan fingerprint density at radius 3 is 2.50 bits per heavy atom. The third-order valence-electron chi connectivity index (χ3n) is 3.76. The van der Waals surface area contributed by atoms with Crippen LogP contribution in [0.4, 0.5) is 0 Å². The zero-order valence-electron chi connectivity index (χ0n) is 11.9. The van der Waals surface area contributed by atoms with E-state index in [0.29, 0.717) is 23.4 Å². The maximum atomic E-state index is 12.2. The minimum absolute atomic E-state index is 0.169. The molecule has 1 saturated carbocycles. The van der Waals surface area contributed by atoms with E-state index in [4.69, 9.17) is 0 Å². The number of aromatic nitrogens is 2. The van der Waals surface area contributed by atoms with Crippen LogP contribution >= 0.6 is 11.5 Å². The van der Waals surface area contributed by atoms with E-state index in [1.807, 2.05) is 20.8 Å². The van der Waals surface area contributed by atoms with Crippen LogP contribution in [0, 0.1) is 5.41 Å². The molecule has 0 radical (unpaired) electrons. The number of amides is 1. The van der Waals surface area contributed by atoms with Gasteiger partial charge in [-0.1, -0.05) is 31.7 Å². The largest absolute Gasteiger partial charge is 0.481 e. The number of carbonyl (C=O) groups is 2. The van der Waals surface area contributed by atoms with Crippen molar-refractivity contribution in [2.24, 2.45) is 5.41 Å². The van der Waals surface area contributed by atoms with Crippen LogP contribution in [0.15, 0.2) is 0 Å². The summed E-state index contributed by atoms with van der Waals surface area (Å²) in [6, 6.07) is 0. The van der Waals surface area contributed by atoms with Crippen LogP contribution in [0.5, 0.6) is 0 Å². The zero-order chi connectivity index (χ0) is 15.0. The maximum Gasteiger partial charge on any atom is 0.311 e. The number of carboxylic acids is 1. The third kappa shape index (κ3) is 2.67. The zero-order valence-corrected chi connectivity index (χ0v) is 12.7. The van der Waals surface area contributed by atoms with E-state index in [0.717, 1.165) is 18.0 Å². The van der Waals surface area contributed by atoms with Gasteiger partial charge in [0.05, 0.1) is 11.1 Å². The molecule has 20 heavy (non-hydrogen) atoms. The second kappa shape index (κ2) is 5.12. The van der Waals surface area contributed by atoms with Crippen molar-refractivity contribution in [1.82, 2.24) is 14.9 Å². The van der Waals surface area contributed by atoms with Crippen molar-refractivity contribution in [3.63, 3.8) is 0 Å². The summed E-state index contributed by atoms with van der Waals surface area (Å²) in [6.45, 7) is 6.06. The number of hydrogen-bond acceptors (Lipinski definition) is 5. The molecular weight excluding hydrogens is 278 g/mol. The summed E-state index contributed by atoms with van der Waals surface area (Å²) in [4.78, 5) is 23.9. The van der Waals surface area contributed by atoms with Crippen LogP contribution in [0.3, 0.4) is 0 Å². The summed E-state index contributed by atoms with van der Waals surface area (Å²) in [5, 5.41) is 16.0. The monoisotopic (exact) mass is 297 g/mol. The number of carbonyl (C=O) groups excluding carboxylic acids is 1. The van der Waals surface area contributed by atoms with Crippen molar-refractivity contribution in [3.05, 3.63) is 10.6 Å². The summed E-state index contributed by atoms with van der Waals surface area (Å²) < 4.78 is 3.84. The smallest absolute Gasteiger partial charge is 0.311 e. The molecule has 0 bridgehead atoms. The molecule has 1 aromatic rings. The third-order valence-corrected chi connectivity index (χ3v) is 4.48. The molecule has 6 nitrogen and oxygen atoms in total. The highest BCUT2D eigenvalue weighted by molar-refractivity contribution is 7.08. The van der Waals surface area contributed by atoms with Gasteiger partial charge in [-0.3, -0.25) is 9.59 Å². The first-order valence-electron chi connectivity index (χ1n) is 6.61. The van der Waals surface area contributed by atoms with Crippen molar-refractivity contribution in [3.8, 4) is 0 Å². The topological polar surface area (TPSA) is 92.2 Å². The highest BCUT2D eigenvalue weighted by Gasteiger charge is 2.44. The summed E-state index contributed by atoms with van der Waals surface area (Å²) in [6.07, 6.45) is 2.14. The Labute approximate surface area is 121 Å². The molecule has 1 aliphatic rings. The number of aliphatic carboxylic acids is 1. The number of nitrogens with zero attached hydrogens (tertiary/aromatic N) is 2. The summed E-state index contributed by atoms with van der Waals surface area (Å²) in [5.41, 5.74) is -0.394. The molecule has 110 valence electrons. The van der Waals surface area contributed by atoms with Crippen molar-refractivity contribution < 1.29 is 14.7 Å². The molecule has 0 spiro atoms. The number of rotatable bonds is 4. The van der Waals surface area contributed by atoms with Crippen molar-refractivity contribution in [2.75, 3.05) is 6.54 Å². The Kier molecular flexibility index (Phi) is 3.82.